The molecule has 4 aromatic rings. The maximum atomic E-state index is 14.1. The van der Waals surface area contributed by atoms with Gasteiger partial charge >= 0.3 is 0 Å². The fraction of sp³-hybridized carbons (Fsp3) is 0.231. The van der Waals surface area contributed by atoms with Crippen LogP contribution in [-0.2, 0) is 22.6 Å². The summed E-state index contributed by atoms with van der Waals surface area (Å²) >= 11 is 0. The van der Waals surface area contributed by atoms with Crippen LogP contribution in [0.5, 0.6) is 0 Å². The van der Waals surface area contributed by atoms with Gasteiger partial charge in [0.05, 0.1) is 36.6 Å². The molecule has 0 saturated carbocycles. The summed E-state index contributed by atoms with van der Waals surface area (Å²) in [7, 11) is 1.49. The lowest BCUT2D eigenvalue weighted by atomic mass is 10.2. The summed E-state index contributed by atoms with van der Waals surface area (Å²) in [5.41, 5.74) is -0.950. The SMILES string of the molecule is COCC(C)N1Cc2c(n(CC(=O)Nc3ccc(F)cn3)c3cc(C(=O)Nc4ccccc4F)nn3c2=O)C1=O. The van der Waals surface area contributed by atoms with Gasteiger partial charge in [0.1, 0.15) is 35.3 Å². The molecule has 0 bridgehead atoms. The highest BCUT2D eigenvalue weighted by molar-refractivity contribution is 6.04. The lowest BCUT2D eigenvalue weighted by molar-refractivity contribution is -0.116. The van der Waals surface area contributed by atoms with Crippen LogP contribution in [-0.4, -0.2) is 61.5 Å². The molecule has 3 amide bonds. The molecule has 40 heavy (non-hydrogen) atoms. The highest BCUT2D eigenvalue weighted by Gasteiger charge is 2.37. The largest absolute Gasteiger partial charge is 0.383 e. The first-order chi connectivity index (χ1) is 19.2. The maximum absolute atomic E-state index is 14.1. The minimum Gasteiger partial charge on any atom is -0.383 e. The number of rotatable bonds is 8. The van der Waals surface area contributed by atoms with Crippen molar-refractivity contribution in [3.05, 3.63) is 87.6 Å². The number of pyridine rings is 1. The third-order valence-electron chi connectivity index (χ3n) is 6.36. The quantitative estimate of drug-likeness (QED) is 0.342. The van der Waals surface area contributed by atoms with Crippen LogP contribution < -0.4 is 16.2 Å². The van der Waals surface area contributed by atoms with Gasteiger partial charge in [0, 0.05) is 13.2 Å². The summed E-state index contributed by atoms with van der Waals surface area (Å²) in [6, 6.07) is 8.76. The fourth-order valence-corrected chi connectivity index (χ4v) is 4.47. The Morgan fingerprint density at radius 2 is 1.90 bits per heavy atom. The number of carbonyl (C=O) groups excluding carboxylic acids is 3. The second kappa shape index (κ2) is 10.6. The predicted molar refractivity (Wildman–Crippen MR) is 138 cm³/mol. The number of fused-ring (bicyclic) bond motifs is 2. The Hall–Kier alpha value is -4.98. The average Bonchev–Trinajstić information content (AvgIpc) is 3.52. The smallest absolute Gasteiger partial charge is 0.280 e. The van der Waals surface area contributed by atoms with E-state index in [0.29, 0.717) is 0 Å². The van der Waals surface area contributed by atoms with E-state index in [2.05, 4.69) is 20.7 Å². The van der Waals surface area contributed by atoms with Gasteiger partial charge in [-0.2, -0.15) is 9.61 Å². The number of carbonyl (C=O) groups is 3. The molecule has 2 N–H and O–H groups in total. The topological polar surface area (TPSA) is 140 Å². The number of nitrogens with zero attached hydrogens (tertiary/aromatic N) is 5. The van der Waals surface area contributed by atoms with E-state index in [9.17, 15) is 28.0 Å². The standard InChI is InChI=1S/C26H23F2N7O5/c1-14(13-40-2)33-11-16-23(26(33)39)34(12-21(36)31-20-8-7-15(27)10-29-20)22-9-19(32-35(22)25(16)38)24(37)30-18-6-4-3-5-17(18)28/h3-10,14H,11-13H2,1-2H3,(H,30,37)(H,29,31,36). The van der Waals surface area contributed by atoms with Crippen LogP contribution in [0, 0.1) is 11.6 Å². The third kappa shape index (κ3) is 4.91. The van der Waals surface area contributed by atoms with Crippen molar-refractivity contribution in [2.75, 3.05) is 24.4 Å². The van der Waals surface area contributed by atoms with E-state index in [0.717, 1.165) is 16.8 Å². The molecule has 1 aliphatic rings. The van der Waals surface area contributed by atoms with Gasteiger partial charge in [0.2, 0.25) is 5.91 Å². The predicted octanol–water partition coefficient (Wildman–Crippen LogP) is 2.05. The first-order valence-electron chi connectivity index (χ1n) is 12.1. The Balaban J connectivity index is 1.57. The van der Waals surface area contributed by atoms with Gasteiger partial charge in [-0.15, -0.1) is 0 Å². The summed E-state index contributed by atoms with van der Waals surface area (Å²) in [4.78, 5) is 58.1. The van der Waals surface area contributed by atoms with Crippen LogP contribution in [0.4, 0.5) is 20.3 Å². The first-order valence-corrected chi connectivity index (χ1v) is 12.1. The van der Waals surface area contributed by atoms with Crippen LogP contribution in [0.25, 0.3) is 5.65 Å². The number of hydrogen-bond donors (Lipinski definition) is 2. The van der Waals surface area contributed by atoms with E-state index in [-0.39, 0.29) is 53.3 Å². The lowest BCUT2D eigenvalue weighted by Gasteiger charge is -2.23. The van der Waals surface area contributed by atoms with Crippen molar-refractivity contribution in [1.29, 1.82) is 0 Å². The van der Waals surface area contributed by atoms with Crippen molar-refractivity contribution in [2.45, 2.75) is 26.1 Å². The van der Waals surface area contributed by atoms with Gasteiger partial charge in [-0.05, 0) is 31.2 Å². The van der Waals surface area contributed by atoms with Gasteiger partial charge < -0.3 is 24.8 Å². The van der Waals surface area contributed by atoms with Crippen molar-refractivity contribution in [3.8, 4) is 0 Å². The highest BCUT2D eigenvalue weighted by atomic mass is 19.1. The van der Waals surface area contributed by atoms with Crippen LogP contribution in [0.15, 0.2) is 53.5 Å². The Morgan fingerprint density at radius 3 is 2.60 bits per heavy atom. The molecule has 0 fully saturated rings. The van der Waals surface area contributed by atoms with E-state index >= 15 is 0 Å². The van der Waals surface area contributed by atoms with Crippen LogP contribution in [0.2, 0.25) is 0 Å². The molecule has 0 saturated heterocycles. The van der Waals surface area contributed by atoms with Gasteiger partial charge in [0.25, 0.3) is 17.4 Å². The van der Waals surface area contributed by atoms with Crippen molar-refractivity contribution in [1.82, 2.24) is 24.1 Å². The molecule has 1 atom stereocenters. The molecule has 4 heterocycles. The van der Waals surface area contributed by atoms with Crippen LogP contribution in [0.1, 0.15) is 33.5 Å². The summed E-state index contributed by atoms with van der Waals surface area (Å²) < 4.78 is 34.7. The Labute approximate surface area is 225 Å². The molecular formula is C26H23F2N7O5. The number of amides is 3. The highest BCUT2D eigenvalue weighted by Crippen LogP contribution is 2.25. The molecule has 0 radical (unpaired) electrons. The number of halogens is 2. The number of hydrogen-bond acceptors (Lipinski definition) is 7. The van der Waals surface area contributed by atoms with Crippen molar-refractivity contribution in [3.63, 3.8) is 0 Å². The summed E-state index contributed by atoms with van der Waals surface area (Å²) in [6.45, 7) is 1.43. The number of methoxy groups -OCH3 is 1. The lowest BCUT2D eigenvalue weighted by Crippen LogP contribution is -2.37. The van der Waals surface area contributed by atoms with Gasteiger partial charge in [-0.25, -0.2) is 13.8 Å². The number of nitrogens with one attached hydrogen (secondary N) is 2. The van der Waals surface area contributed by atoms with E-state index in [1.165, 1.54) is 53.0 Å². The molecular weight excluding hydrogens is 528 g/mol. The van der Waals surface area contributed by atoms with Gasteiger partial charge in [0.15, 0.2) is 5.69 Å². The molecule has 1 aliphatic heterocycles. The van der Waals surface area contributed by atoms with E-state index in [4.69, 9.17) is 4.74 Å². The molecule has 12 nitrogen and oxygen atoms in total. The maximum Gasteiger partial charge on any atom is 0.280 e. The Morgan fingerprint density at radius 1 is 1.12 bits per heavy atom. The Bertz CT molecular complexity index is 1700. The zero-order valence-corrected chi connectivity index (χ0v) is 21.4. The second-order valence-electron chi connectivity index (χ2n) is 9.10. The normalized spacial score (nSPS) is 13.4. The molecule has 3 aromatic heterocycles. The minimum absolute atomic E-state index is 0.0146. The molecule has 0 spiro atoms. The first kappa shape index (κ1) is 26.6. The number of benzene rings is 1. The average molecular weight is 552 g/mol. The molecule has 1 unspecified atom stereocenters. The number of ether oxygens (including phenoxy) is 1. The van der Waals surface area contributed by atoms with Gasteiger partial charge in [-0.1, -0.05) is 12.1 Å². The zero-order valence-electron chi connectivity index (χ0n) is 21.4. The monoisotopic (exact) mass is 551 g/mol. The number of para-hydroxylation sites is 1. The summed E-state index contributed by atoms with van der Waals surface area (Å²) in [5, 5.41) is 9.03. The fourth-order valence-electron chi connectivity index (χ4n) is 4.47. The van der Waals surface area contributed by atoms with Crippen LogP contribution in [0.3, 0.4) is 0 Å². The molecule has 0 aliphatic carbocycles. The van der Waals surface area contributed by atoms with E-state index in [1.54, 1.807) is 6.92 Å². The van der Waals surface area contributed by atoms with Crippen molar-refractivity contribution < 1.29 is 27.9 Å². The molecule has 1 aromatic carbocycles. The zero-order chi connectivity index (χ0) is 28.6. The summed E-state index contributed by atoms with van der Waals surface area (Å²) in [6.07, 6.45) is 0.931. The van der Waals surface area contributed by atoms with Crippen molar-refractivity contribution in [2.24, 2.45) is 0 Å². The molecule has 14 heteroatoms. The molecule has 5 rings (SSSR count). The molecule has 206 valence electrons. The second-order valence-corrected chi connectivity index (χ2v) is 9.10. The van der Waals surface area contributed by atoms with Gasteiger partial charge in [-0.3, -0.25) is 19.2 Å². The Kier molecular flexibility index (Phi) is 7.09. The summed E-state index contributed by atoms with van der Waals surface area (Å²) in [5.74, 6) is -3.14. The van der Waals surface area contributed by atoms with Crippen molar-refractivity contribution >= 4 is 34.9 Å². The van der Waals surface area contributed by atoms with E-state index in [1.807, 2.05) is 0 Å². The minimum atomic E-state index is -0.804. The number of anilines is 2. The van der Waals surface area contributed by atoms with E-state index < -0.39 is 41.5 Å². The van der Waals surface area contributed by atoms with Crippen LogP contribution >= 0.6 is 0 Å². The third-order valence-corrected chi connectivity index (χ3v) is 6.36. The number of aromatic nitrogens is 4.